The van der Waals surface area contributed by atoms with Gasteiger partial charge < -0.3 is 15.4 Å². The summed E-state index contributed by atoms with van der Waals surface area (Å²) < 4.78 is 0. The second-order valence-corrected chi connectivity index (χ2v) is 4.78. The van der Waals surface area contributed by atoms with E-state index in [0.717, 1.165) is 6.42 Å². The highest BCUT2D eigenvalue weighted by molar-refractivity contribution is 5.94. The summed E-state index contributed by atoms with van der Waals surface area (Å²) in [4.78, 5) is 14.7. The molecule has 4 heteroatoms. The summed E-state index contributed by atoms with van der Waals surface area (Å²) in [6.07, 6.45) is 2.92. The van der Waals surface area contributed by atoms with Crippen molar-refractivity contribution < 1.29 is 9.90 Å². The molecular weight excluding hydrogens is 252 g/mol. The van der Waals surface area contributed by atoms with E-state index in [1.54, 1.807) is 12.3 Å². The number of hydrogen-bond donors (Lipinski definition) is 3. The minimum Gasteiger partial charge on any atom is -0.395 e. The lowest BCUT2D eigenvalue weighted by Crippen LogP contribution is -2.35. The summed E-state index contributed by atoms with van der Waals surface area (Å²) >= 11 is 0. The molecule has 0 aliphatic carbocycles. The third-order valence-electron chi connectivity index (χ3n) is 3.23. The number of rotatable bonds is 8. The van der Waals surface area contributed by atoms with Crippen LogP contribution < -0.4 is 5.32 Å². The summed E-state index contributed by atoms with van der Waals surface area (Å²) in [6, 6.07) is 13.6. The molecule has 106 valence electrons. The lowest BCUT2D eigenvalue weighted by atomic mass is 10.1. The van der Waals surface area contributed by atoms with Crippen molar-refractivity contribution in [2.75, 3.05) is 13.2 Å². The number of carbonyl (C=O) groups excluding carboxylic acids is 1. The normalized spacial score (nSPS) is 12.2. The van der Waals surface area contributed by atoms with E-state index in [1.807, 2.05) is 36.4 Å². The highest BCUT2D eigenvalue weighted by atomic mass is 16.3. The monoisotopic (exact) mass is 272 g/mol. The van der Waals surface area contributed by atoms with E-state index in [0.29, 0.717) is 18.7 Å². The molecule has 0 bridgehead atoms. The van der Waals surface area contributed by atoms with Gasteiger partial charge in [-0.15, -0.1) is 0 Å². The van der Waals surface area contributed by atoms with Crippen LogP contribution in [0.25, 0.3) is 0 Å². The summed E-state index contributed by atoms with van der Waals surface area (Å²) in [7, 11) is 0. The average Bonchev–Trinajstić information content (AvgIpc) is 3.01. The summed E-state index contributed by atoms with van der Waals surface area (Å²) in [6.45, 7) is 0.626. The highest BCUT2D eigenvalue weighted by Gasteiger charge is 2.10. The number of aromatic amines is 1. The Morgan fingerprint density at radius 2 is 2.00 bits per heavy atom. The van der Waals surface area contributed by atoms with E-state index in [9.17, 15) is 9.90 Å². The van der Waals surface area contributed by atoms with Crippen molar-refractivity contribution in [3.8, 4) is 0 Å². The molecule has 0 spiro atoms. The number of ketones is 1. The number of carbonyl (C=O) groups is 1. The first-order valence-corrected chi connectivity index (χ1v) is 6.84. The number of Topliss-reactive ketones (excluding diaryl/α,β-unsaturated/α-hetero) is 1. The van der Waals surface area contributed by atoms with Crippen LogP contribution in [0.15, 0.2) is 48.7 Å². The number of aromatic nitrogens is 1. The lowest BCUT2D eigenvalue weighted by Gasteiger charge is -2.16. The molecule has 3 N–H and O–H groups in total. The smallest absolute Gasteiger partial charge is 0.180 e. The number of benzene rings is 1. The van der Waals surface area contributed by atoms with Crippen LogP contribution >= 0.6 is 0 Å². The van der Waals surface area contributed by atoms with Crippen LogP contribution in [0.2, 0.25) is 0 Å². The second-order valence-electron chi connectivity index (χ2n) is 4.78. The van der Waals surface area contributed by atoms with Crippen molar-refractivity contribution in [3.63, 3.8) is 0 Å². The predicted octanol–water partition coefficient (Wildman–Crippen LogP) is 1.78. The fourth-order valence-corrected chi connectivity index (χ4v) is 2.13. The molecule has 0 fully saturated rings. The quantitative estimate of drug-likeness (QED) is 0.642. The fourth-order valence-electron chi connectivity index (χ4n) is 2.13. The Kier molecular flexibility index (Phi) is 5.53. The number of aliphatic hydroxyl groups excluding tert-OH is 1. The van der Waals surface area contributed by atoms with Crippen LogP contribution in [-0.4, -0.2) is 35.1 Å². The van der Waals surface area contributed by atoms with Crippen LogP contribution in [-0.2, 0) is 6.42 Å². The summed E-state index contributed by atoms with van der Waals surface area (Å²) in [5, 5.41) is 12.6. The van der Waals surface area contributed by atoms with Gasteiger partial charge in [0.2, 0.25) is 0 Å². The van der Waals surface area contributed by atoms with Gasteiger partial charge in [0.1, 0.15) is 0 Å². The maximum atomic E-state index is 11.8. The zero-order valence-corrected chi connectivity index (χ0v) is 11.4. The Hall–Kier alpha value is -1.91. The van der Waals surface area contributed by atoms with E-state index < -0.39 is 0 Å². The van der Waals surface area contributed by atoms with Gasteiger partial charge in [-0.05, 0) is 24.1 Å². The van der Waals surface area contributed by atoms with Crippen LogP contribution in [0, 0.1) is 0 Å². The first-order valence-electron chi connectivity index (χ1n) is 6.84. The molecule has 1 heterocycles. The topological polar surface area (TPSA) is 65.1 Å². The second kappa shape index (κ2) is 7.62. The zero-order chi connectivity index (χ0) is 14.2. The van der Waals surface area contributed by atoms with Gasteiger partial charge in [0.15, 0.2) is 5.78 Å². The van der Waals surface area contributed by atoms with Gasteiger partial charge in [-0.3, -0.25) is 4.79 Å². The Morgan fingerprint density at radius 3 is 2.65 bits per heavy atom. The molecule has 1 unspecified atom stereocenters. The van der Waals surface area contributed by atoms with Gasteiger partial charge in [0, 0.05) is 25.2 Å². The molecule has 0 radical (unpaired) electrons. The van der Waals surface area contributed by atoms with Crippen molar-refractivity contribution in [1.29, 1.82) is 0 Å². The van der Waals surface area contributed by atoms with Gasteiger partial charge in [0.25, 0.3) is 0 Å². The SMILES string of the molecule is O=C(CCNC(CO)Cc1ccccc1)c1ccc[nH]1. The predicted molar refractivity (Wildman–Crippen MR) is 78.8 cm³/mol. The van der Waals surface area contributed by atoms with Crippen molar-refractivity contribution in [1.82, 2.24) is 10.3 Å². The minimum absolute atomic E-state index is 0.0196. The largest absolute Gasteiger partial charge is 0.395 e. The molecule has 4 nitrogen and oxygen atoms in total. The van der Waals surface area contributed by atoms with E-state index in [1.165, 1.54) is 5.56 Å². The van der Waals surface area contributed by atoms with Crippen LogP contribution in [0.5, 0.6) is 0 Å². The maximum absolute atomic E-state index is 11.8. The van der Waals surface area contributed by atoms with Gasteiger partial charge in [-0.1, -0.05) is 30.3 Å². The summed E-state index contributed by atoms with van der Waals surface area (Å²) in [5.41, 5.74) is 1.81. The first kappa shape index (κ1) is 14.5. The number of H-pyrrole nitrogens is 1. The number of aliphatic hydroxyl groups is 1. The Morgan fingerprint density at radius 1 is 1.20 bits per heavy atom. The van der Waals surface area contributed by atoms with Gasteiger partial charge in [0.05, 0.1) is 12.3 Å². The van der Waals surface area contributed by atoms with Crippen molar-refractivity contribution in [2.45, 2.75) is 18.9 Å². The van der Waals surface area contributed by atoms with E-state index in [-0.39, 0.29) is 18.4 Å². The fraction of sp³-hybridized carbons (Fsp3) is 0.312. The Labute approximate surface area is 118 Å². The Balaban J connectivity index is 1.75. The molecule has 1 aromatic heterocycles. The molecule has 0 amide bonds. The van der Waals surface area contributed by atoms with Gasteiger partial charge in [-0.25, -0.2) is 0 Å². The third kappa shape index (κ3) is 4.33. The average molecular weight is 272 g/mol. The van der Waals surface area contributed by atoms with Crippen molar-refractivity contribution >= 4 is 5.78 Å². The van der Waals surface area contributed by atoms with E-state index >= 15 is 0 Å². The van der Waals surface area contributed by atoms with Crippen molar-refractivity contribution in [3.05, 3.63) is 59.9 Å². The minimum atomic E-state index is -0.0196. The molecule has 0 saturated carbocycles. The first-order chi connectivity index (χ1) is 9.79. The van der Waals surface area contributed by atoms with Gasteiger partial charge in [-0.2, -0.15) is 0 Å². The molecule has 1 atom stereocenters. The van der Waals surface area contributed by atoms with E-state index in [4.69, 9.17) is 0 Å². The highest BCUT2D eigenvalue weighted by Crippen LogP contribution is 2.04. The standard InChI is InChI=1S/C16H20N2O2/c19-12-14(11-13-5-2-1-3-6-13)17-10-8-16(20)15-7-4-9-18-15/h1-7,9,14,17-19H,8,10-12H2. The summed E-state index contributed by atoms with van der Waals surface area (Å²) in [5.74, 6) is 0.0823. The lowest BCUT2D eigenvalue weighted by molar-refractivity contribution is 0.0975. The molecule has 20 heavy (non-hydrogen) atoms. The Bertz CT molecular complexity index is 509. The molecule has 0 saturated heterocycles. The molecular formula is C16H20N2O2. The van der Waals surface area contributed by atoms with Gasteiger partial charge >= 0.3 is 0 Å². The number of nitrogens with one attached hydrogen (secondary N) is 2. The maximum Gasteiger partial charge on any atom is 0.180 e. The van der Waals surface area contributed by atoms with Crippen LogP contribution in [0.3, 0.4) is 0 Å². The molecule has 2 aromatic rings. The zero-order valence-electron chi connectivity index (χ0n) is 11.4. The molecule has 1 aromatic carbocycles. The van der Waals surface area contributed by atoms with Crippen molar-refractivity contribution in [2.24, 2.45) is 0 Å². The molecule has 0 aliphatic heterocycles. The van der Waals surface area contributed by atoms with E-state index in [2.05, 4.69) is 10.3 Å². The number of hydrogen-bond acceptors (Lipinski definition) is 3. The van der Waals surface area contributed by atoms with Crippen LogP contribution in [0.4, 0.5) is 0 Å². The molecule has 0 aliphatic rings. The molecule has 2 rings (SSSR count). The third-order valence-corrected chi connectivity index (χ3v) is 3.23. The van der Waals surface area contributed by atoms with Crippen LogP contribution in [0.1, 0.15) is 22.5 Å².